The quantitative estimate of drug-likeness (QED) is 0.272. The number of likely N-dealkylation sites (tertiary alicyclic amines) is 1. The number of nitrogens with one attached hydrogen (secondary N) is 1. The smallest absolute Gasteiger partial charge is 0.260 e. The van der Waals surface area contributed by atoms with Crippen molar-refractivity contribution in [3.63, 3.8) is 0 Å². The highest BCUT2D eigenvalue weighted by Crippen LogP contribution is 2.40. The third-order valence-corrected chi connectivity index (χ3v) is 7.33. The number of rotatable bonds is 9. The zero-order valence-corrected chi connectivity index (χ0v) is 23.8. The Morgan fingerprint density at radius 1 is 1.00 bits per heavy atom. The molecule has 1 aromatic carbocycles. The third kappa shape index (κ3) is 9.20. The second kappa shape index (κ2) is 14.0. The summed E-state index contributed by atoms with van der Waals surface area (Å²) in [5.41, 5.74) is 5.89. The number of benzene rings is 1. The van der Waals surface area contributed by atoms with Crippen LogP contribution in [0.1, 0.15) is 73.1 Å². The number of anilines is 1. The van der Waals surface area contributed by atoms with Gasteiger partial charge >= 0.3 is 0 Å². The van der Waals surface area contributed by atoms with Crippen molar-refractivity contribution in [2.75, 3.05) is 25.0 Å². The molecule has 5 heteroatoms. The molecule has 0 radical (unpaired) electrons. The van der Waals surface area contributed by atoms with Crippen LogP contribution < -0.4 is 10.1 Å². The molecule has 2 amide bonds. The lowest BCUT2D eigenvalue weighted by Crippen LogP contribution is -2.38. The summed E-state index contributed by atoms with van der Waals surface area (Å²) < 4.78 is 5.64. The molecule has 5 nitrogen and oxygen atoms in total. The van der Waals surface area contributed by atoms with Crippen molar-refractivity contribution in [3.05, 3.63) is 83.0 Å². The van der Waals surface area contributed by atoms with E-state index in [1.54, 1.807) is 30.3 Å². The standard InChI is InChI=1S/C33H44N2O3/c1-25(14-19-30-27(3)13-10-20-33(30,4)5)11-9-12-26(2)23-31(36)34-28-15-17-29(18-16-28)38-24-32(37)35-21-7-6-8-22-35/h9,11-12,14-19,23H,6-8,10,13,20-22,24H2,1-5H3,(H,34,36)/b12-9+,19-14+,25-11+,26-23+. The summed E-state index contributed by atoms with van der Waals surface area (Å²) in [6, 6.07) is 7.09. The van der Waals surface area contributed by atoms with Crippen molar-refractivity contribution in [2.24, 2.45) is 5.41 Å². The number of carbonyl (C=O) groups is 2. The van der Waals surface area contributed by atoms with Crippen molar-refractivity contribution >= 4 is 17.5 Å². The Morgan fingerprint density at radius 2 is 1.71 bits per heavy atom. The topological polar surface area (TPSA) is 58.6 Å². The molecule has 0 bridgehead atoms. The van der Waals surface area contributed by atoms with Gasteiger partial charge in [0.1, 0.15) is 5.75 Å². The fourth-order valence-electron chi connectivity index (χ4n) is 5.08. The lowest BCUT2D eigenvalue weighted by Gasteiger charge is -2.32. The van der Waals surface area contributed by atoms with Gasteiger partial charge in [-0.05, 0) is 100 Å². The van der Waals surface area contributed by atoms with Crippen LogP contribution in [-0.4, -0.2) is 36.4 Å². The number of allylic oxidation sites excluding steroid dienone is 9. The average molecular weight is 517 g/mol. The van der Waals surface area contributed by atoms with E-state index in [1.807, 2.05) is 24.0 Å². The number of ether oxygens (including phenoxy) is 1. The molecule has 0 spiro atoms. The Balaban J connectivity index is 1.46. The third-order valence-electron chi connectivity index (χ3n) is 7.33. The molecule has 2 aliphatic rings. The van der Waals surface area contributed by atoms with E-state index in [0.29, 0.717) is 11.4 Å². The summed E-state index contributed by atoms with van der Waals surface area (Å²) in [5, 5.41) is 2.87. The van der Waals surface area contributed by atoms with Gasteiger partial charge in [-0.1, -0.05) is 55.4 Å². The van der Waals surface area contributed by atoms with Gasteiger partial charge in [0.2, 0.25) is 5.91 Å². The second-order valence-electron chi connectivity index (χ2n) is 11.2. The van der Waals surface area contributed by atoms with Crippen molar-refractivity contribution in [3.8, 4) is 5.75 Å². The van der Waals surface area contributed by atoms with E-state index in [1.165, 1.54) is 42.4 Å². The molecule has 1 fully saturated rings. The largest absolute Gasteiger partial charge is 0.484 e. The summed E-state index contributed by atoms with van der Waals surface area (Å²) in [4.78, 5) is 26.6. The van der Waals surface area contributed by atoms with E-state index in [2.05, 4.69) is 51.2 Å². The van der Waals surface area contributed by atoms with Crippen LogP contribution in [0.2, 0.25) is 0 Å². The molecule has 38 heavy (non-hydrogen) atoms. The summed E-state index contributed by atoms with van der Waals surface area (Å²) in [6.07, 6.45) is 19.0. The van der Waals surface area contributed by atoms with Crippen LogP contribution in [0, 0.1) is 5.41 Å². The highest BCUT2D eigenvalue weighted by Gasteiger charge is 2.26. The summed E-state index contributed by atoms with van der Waals surface area (Å²) in [6.45, 7) is 12.6. The van der Waals surface area contributed by atoms with Gasteiger partial charge in [0, 0.05) is 24.9 Å². The first-order valence-corrected chi connectivity index (χ1v) is 13.9. The van der Waals surface area contributed by atoms with Gasteiger partial charge in [-0.25, -0.2) is 0 Å². The first-order chi connectivity index (χ1) is 18.1. The highest BCUT2D eigenvalue weighted by molar-refractivity contribution is 6.00. The molecule has 1 aliphatic heterocycles. The molecule has 1 aromatic rings. The van der Waals surface area contributed by atoms with Crippen molar-refractivity contribution in [1.82, 2.24) is 4.90 Å². The monoisotopic (exact) mass is 516 g/mol. The van der Waals surface area contributed by atoms with Gasteiger partial charge in [-0.2, -0.15) is 0 Å². The van der Waals surface area contributed by atoms with Gasteiger partial charge in [0.15, 0.2) is 6.61 Å². The van der Waals surface area contributed by atoms with Crippen LogP contribution in [0.3, 0.4) is 0 Å². The zero-order valence-electron chi connectivity index (χ0n) is 23.8. The molecule has 1 saturated heterocycles. The fraction of sp³-hybridized carbons (Fsp3) is 0.455. The summed E-state index contributed by atoms with van der Waals surface area (Å²) >= 11 is 0. The predicted molar refractivity (Wildman–Crippen MR) is 157 cm³/mol. The molecule has 0 aromatic heterocycles. The van der Waals surface area contributed by atoms with Gasteiger partial charge in [0.25, 0.3) is 5.91 Å². The summed E-state index contributed by atoms with van der Waals surface area (Å²) in [7, 11) is 0. The Morgan fingerprint density at radius 3 is 2.39 bits per heavy atom. The first kappa shape index (κ1) is 29.2. The molecule has 0 unspecified atom stereocenters. The van der Waals surface area contributed by atoms with Gasteiger partial charge in [-0.3, -0.25) is 9.59 Å². The Kier molecular flexibility index (Phi) is 10.8. The van der Waals surface area contributed by atoms with Crippen molar-refractivity contribution in [2.45, 2.75) is 73.1 Å². The molecule has 1 heterocycles. The van der Waals surface area contributed by atoms with E-state index >= 15 is 0 Å². The van der Waals surface area contributed by atoms with E-state index in [4.69, 9.17) is 4.74 Å². The molecule has 204 valence electrons. The number of hydrogen-bond acceptors (Lipinski definition) is 3. The Labute approximate surface area is 229 Å². The summed E-state index contributed by atoms with van der Waals surface area (Å²) in [5.74, 6) is 0.443. The minimum absolute atomic E-state index is 0.0254. The Hall–Kier alpha value is -3.34. The van der Waals surface area contributed by atoms with E-state index in [-0.39, 0.29) is 23.8 Å². The minimum atomic E-state index is -0.191. The zero-order chi connectivity index (χ0) is 27.5. The minimum Gasteiger partial charge on any atom is -0.484 e. The SMILES string of the molecule is CC1=C(/C=C/C(C)=C/C=C/C(C)=C/C(=O)Nc2ccc(OCC(=O)N3CCCCC3)cc2)C(C)(C)CCC1. The maximum atomic E-state index is 12.4. The van der Waals surface area contributed by atoms with E-state index < -0.39 is 0 Å². The maximum Gasteiger partial charge on any atom is 0.260 e. The first-order valence-electron chi connectivity index (χ1n) is 13.9. The van der Waals surface area contributed by atoms with Crippen molar-refractivity contribution < 1.29 is 14.3 Å². The van der Waals surface area contributed by atoms with Gasteiger partial charge in [-0.15, -0.1) is 0 Å². The Bertz CT molecular complexity index is 1130. The van der Waals surface area contributed by atoms with E-state index in [0.717, 1.165) is 31.5 Å². The van der Waals surface area contributed by atoms with Gasteiger partial charge in [0.05, 0.1) is 0 Å². The predicted octanol–water partition coefficient (Wildman–Crippen LogP) is 7.55. The number of carbonyl (C=O) groups excluding carboxylic acids is 2. The number of nitrogens with zero attached hydrogens (tertiary/aromatic N) is 1. The average Bonchev–Trinajstić information content (AvgIpc) is 2.88. The molecule has 1 aliphatic carbocycles. The molecular formula is C33H44N2O3. The number of amides is 2. The maximum absolute atomic E-state index is 12.4. The van der Waals surface area contributed by atoms with E-state index in [9.17, 15) is 9.59 Å². The van der Waals surface area contributed by atoms with Crippen LogP contribution in [0.25, 0.3) is 0 Å². The van der Waals surface area contributed by atoms with Crippen LogP contribution >= 0.6 is 0 Å². The van der Waals surface area contributed by atoms with Crippen LogP contribution in [0.15, 0.2) is 83.0 Å². The van der Waals surface area contributed by atoms with Gasteiger partial charge < -0.3 is 15.0 Å². The van der Waals surface area contributed by atoms with Crippen LogP contribution in [-0.2, 0) is 9.59 Å². The fourth-order valence-corrected chi connectivity index (χ4v) is 5.08. The number of hydrogen-bond donors (Lipinski definition) is 1. The molecule has 0 saturated carbocycles. The van der Waals surface area contributed by atoms with Crippen molar-refractivity contribution in [1.29, 1.82) is 0 Å². The molecule has 3 rings (SSSR count). The second-order valence-corrected chi connectivity index (χ2v) is 11.2. The molecular weight excluding hydrogens is 472 g/mol. The lowest BCUT2D eigenvalue weighted by atomic mass is 9.72. The molecule has 1 N–H and O–H groups in total. The normalized spacial score (nSPS) is 18.8. The lowest BCUT2D eigenvalue weighted by molar-refractivity contribution is -0.134. The van der Waals surface area contributed by atoms with Crippen LogP contribution in [0.5, 0.6) is 5.75 Å². The number of piperidine rings is 1. The molecule has 0 atom stereocenters. The highest BCUT2D eigenvalue weighted by atomic mass is 16.5. The van der Waals surface area contributed by atoms with Crippen LogP contribution in [0.4, 0.5) is 5.69 Å².